The number of benzene rings is 2. The van der Waals surface area contributed by atoms with E-state index in [1.54, 1.807) is 31.2 Å². The van der Waals surface area contributed by atoms with Gasteiger partial charge in [-0.15, -0.1) is 4.83 Å². The van der Waals surface area contributed by atoms with Crippen LogP contribution in [0.5, 0.6) is 5.75 Å². The second-order valence-electron chi connectivity index (χ2n) is 5.64. The zero-order valence-corrected chi connectivity index (χ0v) is 16.2. The number of rotatable bonds is 8. The Labute approximate surface area is 163 Å². The van der Waals surface area contributed by atoms with E-state index in [0.717, 1.165) is 5.41 Å². The van der Waals surface area contributed by atoms with Crippen molar-refractivity contribution in [3.05, 3.63) is 65.1 Å². The molecule has 0 spiro atoms. The molecule has 2 aromatic carbocycles. The van der Waals surface area contributed by atoms with E-state index in [9.17, 15) is 18.0 Å². The van der Waals surface area contributed by atoms with Crippen molar-refractivity contribution in [2.45, 2.75) is 13.8 Å². The van der Waals surface area contributed by atoms with Crippen LogP contribution in [-0.4, -0.2) is 26.8 Å². The van der Waals surface area contributed by atoms with Gasteiger partial charge in [-0.3, -0.25) is 15.0 Å². The quantitative estimate of drug-likeness (QED) is 0.585. The lowest BCUT2D eigenvalue weighted by Gasteiger charge is -2.12. The maximum atomic E-state index is 12.4. The van der Waals surface area contributed by atoms with Crippen LogP contribution in [0.15, 0.2) is 53.9 Å². The SMILES string of the molecule is CCOc1cc(NC(C)=O)ccc1C(=O)NNS(=O)(=O)/C=C/c1ccccc1. The van der Waals surface area contributed by atoms with Gasteiger partial charge in [0.2, 0.25) is 5.91 Å². The number of hydrogen-bond acceptors (Lipinski definition) is 5. The van der Waals surface area contributed by atoms with Crippen LogP contribution in [0.1, 0.15) is 29.8 Å². The molecule has 3 N–H and O–H groups in total. The first-order valence-electron chi connectivity index (χ1n) is 8.40. The van der Waals surface area contributed by atoms with E-state index >= 15 is 0 Å². The monoisotopic (exact) mass is 403 g/mol. The van der Waals surface area contributed by atoms with Gasteiger partial charge < -0.3 is 10.1 Å². The lowest BCUT2D eigenvalue weighted by Crippen LogP contribution is -2.40. The van der Waals surface area contributed by atoms with Crippen LogP contribution < -0.4 is 20.3 Å². The fourth-order valence-electron chi connectivity index (χ4n) is 2.22. The van der Waals surface area contributed by atoms with Crippen LogP contribution in [0.25, 0.3) is 6.08 Å². The smallest absolute Gasteiger partial charge is 0.270 e. The van der Waals surface area contributed by atoms with Gasteiger partial charge in [0.05, 0.1) is 12.2 Å². The second kappa shape index (κ2) is 9.67. The van der Waals surface area contributed by atoms with E-state index in [-0.39, 0.29) is 23.8 Å². The number of hydrazine groups is 1. The molecule has 0 fully saturated rings. The molecule has 0 heterocycles. The summed E-state index contributed by atoms with van der Waals surface area (Å²) in [6.45, 7) is 3.39. The average molecular weight is 403 g/mol. The van der Waals surface area contributed by atoms with Gasteiger partial charge in [-0.1, -0.05) is 30.3 Å². The molecule has 8 nitrogen and oxygen atoms in total. The van der Waals surface area contributed by atoms with Crippen LogP contribution in [-0.2, 0) is 14.8 Å². The van der Waals surface area contributed by atoms with Gasteiger partial charge in [-0.05, 0) is 30.7 Å². The number of ether oxygens (including phenoxy) is 1. The lowest BCUT2D eigenvalue weighted by molar-refractivity contribution is -0.114. The molecule has 0 aliphatic heterocycles. The van der Waals surface area contributed by atoms with E-state index in [0.29, 0.717) is 11.3 Å². The van der Waals surface area contributed by atoms with Crippen molar-refractivity contribution >= 4 is 33.6 Å². The number of carbonyl (C=O) groups excluding carboxylic acids is 2. The van der Waals surface area contributed by atoms with Crippen LogP contribution >= 0.6 is 0 Å². The third kappa shape index (κ3) is 6.53. The van der Waals surface area contributed by atoms with Gasteiger partial charge in [0.1, 0.15) is 5.75 Å². The maximum absolute atomic E-state index is 12.4. The molecule has 0 aromatic heterocycles. The van der Waals surface area contributed by atoms with E-state index < -0.39 is 15.9 Å². The number of amides is 2. The van der Waals surface area contributed by atoms with Crippen molar-refractivity contribution in [3.8, 4) is 5.75 Å². The van der Waals surface area contributed by atoms with Crippen molar-refractivity contribution in [1.82, 2.24) is 10.3 Å². The topological polar surface area (TPSA) is 114 Å². The molecule has 2 rings (SSSR count). The Kier molecular flexibility index (Phi) is 7.30. The normalized spacial score (nSPS) is 11.2. The Morgan fingerprint density at radius 3 is 2.46 bits per heavy atom. The summed E-state index contributed by atoms with van der Waals surface area (Å²) in [5.74, 6) is -0.752. The maximum Gasteiger partial charge on any atom is 0.270 e. The largest absolute Gasteiger partial charge is 0.493 e. The molecule has 0 saturated heterocycles. The molecular weight excluding hydrogens is 382 g/mol. The number of carbonyl (C=O) groups is 2. The summed E-state index contributed by atoms with van der Waals surface area (Å²) in [6, 6.07) is 13.3. The van der Waals surface area contributed by atoms with Crippen molar-refractivity contribution in [3.63, 3.8) is 0 Å². The highest BCUT2D eigenvalue weighted by molar-refractivity contribution is 7.92. The first-order valence-corrected chi connectivity index (χ1v) is 9.95. The Morgan fingerprint density at radius 1 is 1.11 bits per heavy atom. The average Bonchev–Trinajstić information content (AvgIpc) is 2.66. The first kappa shape index (κ1) is 21.1. The third-order valence-electron chi connectivity index (χ3n) is 3.39. The molecule has 0 unspecified atom stereocenters. The lowest BCUT2D eigenvalue weighted by atomic mass is 10.1. The van der Waals surface area contributed by atoms with Crippen molar-refractivity contribution in [2.75, 3.05) is 11.9 Å². The number of hydrogen-bond donors (Lipinski definition) is 3. The van der Waals surface area contributed by atoms with E-state index in [1.807, 2.05) is 10.9 Å². The first-order chi connectivity index (χ1) is 13.3. The molecule has 0 aliphatic carbocycles. The van der Waals surface area contributed by atoms with Crippen LogP contribution in [0, 0.1) is 0 Å². The Hall–Kier alpha value is -3.17. The number of sulfonamides is 1. The van der Waals surface area contributed by atoms with Gasteiger partial charge in [0.25, 0.3) is 15.9 Å². The number of anilines is 1. The summed E-state index contributed by atoms with van der Waals surface area (Å²) in [5.41, 5.74) is 3.41. The second-order valence-corrected chi connectivity index (χ2v) is 7.21. The minimum Gasteiger partial charge on any atom is -0.493 e. The third-order valence-corrected chi connectivity index (χ3v) is 4.27. The Balaban J connectivity index is 2.09. The highest BCUT2D eigenvalue weighted by Gasteiger charge is 2.15. The Morgan fingerprint density at radius 2 is 1.82 bits per heavy atom. The standard InChI is InChI=1S/C19H21N3O5S/c1-3-27-18-13-16(20-14(2)23)9-10-17(18)19(24)21-22-28(25,26)12-11-15-7-5-4-6-8-15/h4-13,22H,3H2,1-2H3,(H,20,23)(H,21,24)/b12-11+. The zero-order chi connectivity index (χ0) is 20.6. The molecule has 148 valence electrons. The van der Waals surface area contributed by atoms with Gasteiger partial charge in [-0.25, -0.2) is 8.42 Å². The molecule has 0 saturated carbocycles. The van der Waals surface area contributed by atoms with E-state index in [2.05, 4.69) is 10.7 Å². The molecule has 0 radical (unpaired) electrons. The highest BCUT2D eigenvalue weighted by Crippen LogP contribution is 2.23. The van der Waals surface area contributed by atoms with Gasteiger partial charge >= 0.3 is 0 Å². The fraction of sp³-hybridized carbons (Fsp3) is 0.158. The molecule has 2 aromatic rings. The zero-order valence-electron chi connectivity index (χ0n) is 15.4. The van der Waals surface area contributed by atoms with Gasteiger partial charge in [0, 0.05) is 24.1 Å². The fourth-order valence-corrected chi connectivity index (χ4v) is 2.86. The van der Waals surface area contributed by atoms with Crippen LogP contribution in [0.2, 0.25) is 0 Å². The molecule has 0 bridgehead atoms. The summed E-state index contributed by atoms with van der Waals surface area (Å²) in [5, 5.41) is 3.54. The molecule has 28 heavy (non-hydrogen) atoms. The minimum atomic E-state index is -3.89. The number of nitrogens with one attached hydrogen (secondary N) is 3. The molecule has 0 atom stereocenters. The molecule has 2 amide bonds. The van der Waals surface area contributed by atoms with Gasteiger partial charge in [0.15, 0.2) is 0 Å². The predicted molar refractivity (Wildman–Crippen MR) is 107 cm³/mol. The predicted octanol–water partition coefficient (Wildman–Crippen LogP) is 2.28. The summed E-state index contributed by atoms with van der Waals surface area (Å²) in [4.78, 5) is 25.5. The van der Waals surface area contributed by atoms with Crippen molar-refractivity contribution < 1.29 is 22.7 Å². The van der Waals surface area contributed by atoms with Crippen molar-refractivity contribution in [2.24, 2.45) is 0 Å². The summed E-state index contributed by atoms with van der Waals surface area (Å²) in [7, 11) is -3.89. The minimum absolute atomic E-state index is 0.116. The van der Waals surface area contributed by atoms with Crippen LogP contribution in [0.4, 0.5) is 5.69 Å². The summed E-state index contributed by atoms with van der Waals surface area (Å²) < 4.78 is 29.5. The van der Waals surface area contributed by atoms with Crippen LogP contribution in [0.3, 0.4) is 0 Å². The molecule has 0 aliphatic rings. The van der Waals surface area contributed by atoms with Crippen molar-refractivity contribution in [1.29, 1.82) is 0 Å². The van der Waals surface area contributed by atoms with E-state index in [4.69, 9.17) is 4.74 Å². The Bertz CT molecular complexity index is 972. The molecular formula is C19H21N3O5S. The highest BCUT2D eigenvalue weighted by atomic mass is 32.2. The summed E-state index contributed by atoms with van der Waals surface area (Å²) in [6.07, 6.45) is 1.41. The van der Waals surface area contributed by atoms with Gasteiger partial charge in [-0.2, -0.15) is 0 Å². The molecule has 9 heteroatoms. The summed E-state index contributed by atoms with van der Waals surface area (Å²) >= 11 is 0. The van der Waals surface area contributed by atoms with E-state index in [1.165, 1.54) is 31.2 Å².